The Balaban J connectivity index is 2.69. The van der Waals surface area contributed by atoms with Crippen molar-refractivity contribution in [1.29, 1.82) is 0 Å². The molecule has 0 aliphatic heterocycles. The van der Waals surface area contributed by atoms with Crippen LogP contribution < -0.4 is 5.73 Å². The van der Waals surface area contributed by atoms with Crippen molar-refractivity contribution in [3.63, 3.8) is 0 Å². The van der Waals surface area contributed by atoms with Crippen LogP contribution >= 0.6 is 0 Å². The molecule has 2 N–H and O–H groups in total. The Bertz CT molecular complexity index is 590. The lowest BCUT2D eigenvalue weighted by Gasteiger charge is -2.15. The Morgan fingerprint density at radius 3 is 2.26 bits per heavy atom. The molecule has 0 saturated heterocycles. The van der Waals surface area contributed by atoms with Crippen molar-refractivity contribution in [3.8, 4) is 11.1 Å². The molecule has 0 heterocycles. The van der Waals surface area contributed by atoms with Gasteiger partial charge in [0.25, 0.3) is 0 Å². The number of hydrogen-bond acceptors (Lipinski definition) is 1. The molecule has 0 fully saturated rings. The van der Waals surface area contributed by atoms with E-state index in [0.717, 1.165) is 12.1 Å². The molecule has 0 radical (unpaired) electrons. The monoisotopic (exact) mass is 269 g/mol. The van der Waals surface area contributed by atoms with Gasteiger partial charge in [-0.3, -0.25) is 0 Å². The van der Waals surface area contributed by atoms with Gasteiger partial charge < -0.3 is 5.73 Å². The smallest absolute Gasteiger partial charge is 0.326 e. The highest BCUT2D eigenvalue weighted by Gasteiger charge is 2.33. The van der Waals surface area contributed by atoms with Gasteiger partial charge in [0, 0.05) is 6.54 Å². The molecule has 0 saturated carbocycles. The fourth-order valence-corrected chi connectivity index (χ4v) is 1.94. The van der Waals surface area contributed by atoms with E-state index in [1.165, 1.54) is 30.3 Å². The molecule has 100 valence electrons. The molecule has 2 aromatic carbocycles. The molecular weight excluding hydrogens is 258 g/mol. The average molecular weight is 269 g/mol. The predicted molar refractivity (Wildman–Crippen MR) is 64.7 cm³/mol. The molecule has 0 atom stereocenters. The van der Waals surface area contributed by atoms with E-state index in [9.17, 15) is 17.6 Å². The Kier molecular flexibility index (Phi) is 3.57. The van der Waals surface area contributed by atoms with Crippen LogP contribution in [0.2, 0.25) is 0 Å². The summed E-state index contributed by atoms with van der Waals surface area (Å²) in [6.45, 7) is 0.0435. The number of nitrogens with two attached hydrogens (primary N) is 1. The third-order valence-electron chi connectivity index (χ3n) is 2.81. The van der Waals surface area contributed by atoms with E-state index < -0.39 is 17.6 Å². The summed E-state index contributed by atoms with van der Waals surface area (Å²) >= 11 is 0. The van der Waals surface area contributed by atoms with Gasteiger partial charge in [-0.25, -0.2) is 4.39 Å². The van der Waals surface area contributed by atoms with Gasteiger partial charge in [-0.2, -0.15) is 13.2 Å². The zero-order valence-corrected chi connectivity index (χ0v) is 9.84. The zero-order valence-electron chi connectivity index (χ0n) is 9.84. The van der Waals surface area contributed by atoms with Crippen molar-refractivity contribution in [2.75, 3.05) is 0 Å². The van der Waals surface area contributed by atoms with Crippen molar-refractivity contribution in [2.24, 2.45) is 5.73 Å². The molecule has 0 unspecified atom stereocenters. The van der Waals surface area contributed by atoms with Crippen LogP contribution in [0.25, 0.3) is 11.1 Å². The largest absolute Gasteiger partial charge is 0.417 e. The third-order valence-corrected chi connectivity index (χ3v) is 2.81. The number of alkyl halides is 3. The Morgan fingerprint density at radius 2 is 1.63 bits per heavy atom. The summed E-state index contributed by atoms with van der Waals surface area (Å²) in [4.78, 5) is 0. The topological polar surface area (TPSA) is 26.0 Å². The molecule has 0 aliphatic rings. The van der Waals surface area contributed by atoms with Crippen LogP contribution in [0.4, 0.5) is 17.6 Å². The molecule has 2 rings (SSSR count). The second kappa shape index (κ2) is 5.01. The molecule has 2 aromatic rings. The van der Waals surface area contributed by atoms with Gasteiger partial charge in [0.05, 0.1) is 5.56 Å². The van der Waals surface area contributed by atoms with E-state index in [4.69, 9.17) is 5.73 Å². The molecular formula is C14H11F4N. The first-order valence-electron chi connectivity index (χ1n) is 5.58. The van der Waals surface area contributed by atoms with Gasteiger partial charge in [-0.15, -0.1) is 0 Å². The summed E-state index contributed by atoms with van der Waals surface area (Å²) in [5.74, 6) is -0.593. The Hall–Kier alpha value is -1.88. The lowest BCUT2D eigenvalue weighted by molar-refractivity contribution is -0.137. The standard InChI is InChI=1S/C14H11F4N/c15-10-6-5-9(8-19)12(7-10)11-3-1-2-4-13(11)14(16,17)18/h1-7H,8,19H2. The average Bonchev–Trinajstić information content (AvgIpc) is 2.37. The fraction of sp³-hybridized carbons (Fsp3) is 0.143. The van der Waals surface area contributed by atoms with E-state index >= 15 is 0 Å². The van der Waals surface area contributed by atoms with Gasteiger partial charge in [0.1, 0.15) is 5.82 Å². The van der Waals surface area contributed by atoms with E-state index in [2.05, 4.69) is 0 Å². The summed E-state index contributed by atoms with van der Waals surface area (Å²) < 4.78 is 52.1. The number of benzene rings is 2. The quantitative estimate of drug-likeness (QED) is 0.820. The van der Waals surface area contributed by atoms with E-state index in [-0.39, 0.29) is 17.7 Å². The third kappa shape index (κ3) is 2.76. The number of hydrogen-bond donors (Lipinski definition) is 1. The number of halogens is 4. The maximum absolute atomic E-state index is 13.3. The van der Waals surface area contributed by atoms with Gasteiger partial charge >= 0.3 is 6.18 Å². The van der Waals surface area contributed by atoms with Crippen LogP contribution in [-0.4, -0.2) is 0 Å². The maximum atomic E-state index is 13.3. The van der Waals surface area contributed by atoms with Crippen molar-refractivity contribution in [2.45, 2.75) is 12.7 Å². The van der Waals surface area contributed by atoms with Gasteiger partial charge in [-0.1, -0.05) is 24.3 Å². The summed E-state index contributed by atoms with van der Waals surface area (Å²) in [6.07, 6.45) is -4.49. The highest BCUT2D eigenvalue weighted by Crippen LogP contribution is 2.38. The highest BCUT2D eigenvalue weighted by atomic mass is 19.4. The van der Waals surface area contributed by atoms with E-state index in [1.807, 2.05) is 0 Å². The summed E-state index contributed by atoms with van der Waals surface area (Å²) in [7, 11) is 0. The molecule has 19 heavy (non-hydrogen) atoms. The zero-order chi connectivity index (χ0) is 14.0. The molecule has 5 heteroatoms. The van der Waals surface area contributed by atoms with Gasteiger partial charge in [0.2, 0.25) is 0 Å². The first-order valence-corrected chi connectivity index (χ1v) is 5.58. The highest BCUT2D eigenvalue weighted by molar-refractivity contribution is 5.71. The lowest BCUT2D eigenvalue weighted by Crippen LogP contribution is -2.08. The van der Waals surface area contributed by atoms with Crippen molar-refractivity contribution < 1.29 is 17.6 Å². The van der Waals surface area contributed by atoms with Gasteiger partial charge in [0.15, 0.2) is 0 Å². The van der Waals surface area contributed by atoms with E-state index in [0.29, 0.717) is 5.56 Å². The van der Waals surface area contributed by atoms with Crippen LogP contribution in [0.1, 0.15) is 11.1 Å². The molecule has 0 bridgehead atoms. The maximum Gasteiger partial charge on any atom is 0.417 e. The van der Waals surface area contributed by atoms with Gasteiger partial charge in [-0.05, 0) is 34.9 Å². The minimum atomic E-state index is -4.49. The molecule has 0 aromatic heterocycles. The summed E-state index contributed by atoms with van der Waals surface area (Å²) in [5.41, 5.74) is 5.28. The second-order valence-electron chi connectivity index (χ2n) is 4.05. The van der Waals surface area contributed by atoms with Crippen molar-refractivity contribution in [3.05, 3.63) is 59.4 Å². The molecule has 1 nitrogen and oxygen atoms in total. The molecule has 0 amide bonds. The van der Waals surface area contributed by atoms with E-state index in [1.54, 1.807) is 0 Å². The molecule has 0 spiro atoms. The summed E-state index contributed by atoms with van der Waals surface area (Å²) in [6, 6.07) is 8.73. The molecule has 0 aliphatic carbocycles. The summed E-state index contributed by atoms with van der Waals surface area (Å²) in [5, 5.41) is 0. The first kappa shape index (κ1) is 13.5. The van der Waals surface area contributed by atoms with Crippen LogP contribution in [0.5, 0.6) is 0 Å². The lowest BCUT2D eigenvalue weighted by atomic mass is 9.95. The first-order chi connectivity index (χ1) is 8.93. The van der Waals surface area contributed by atoms with Crippen molar-refractivity contribution in [1.82, 2.24) is 0 Å². The van der Waals surface area contributed by atoms with Crippen LogP contribution in [0.3, 0.4) is 0 Å². The SMILES string of the molecule is NCc1ccc(F)cc1-c1ccccc1C(F)(F)F. The Morgan fingerprint density at radius 1 is 0.947 bits per heavy atom. The van der Waals surface area contributed by atoms with Crippen molar-refractivity contribution >= 4 is 0 Å². The second-order valence-corrected chi connectivity index (χ2v) is 4.05. The minimum absolute atomic E-state index is 0.0435. The van der Waals surface area contributed by atoms with Crippen LogP contribution in [-0.2, 0) is 12.7 Å². The predicted octanol–water partition coefficient (Wildman–Crippen LogP) is 3.97. The normalized spacial score (nSPS) is 11.6. The Labute approximate surface area is 107 Å². The fourth-order valence-electron chi connectivity index (χ4n) is 1.94. The minimum Gasteiger partial charge on any atom is -0.326 e. The van der Waals surface area contributed by atoms with Crippen LogP contribution in [0.15, 0.2) is 42.5 Å². The number of rotatable bonds is 2. The van der Waals surface area contributed by atoms with Crippen LogP contribution in [0, 0.1) is 5.82 Å².